The molecule has 0 bridgehead atoms. The summed E-state index contributed by atoms with van der Waals surface area (Å²) in [7, 11) is 1.51. The molecule has 0 fully saturated rings. The number of fused-ring (bicyclic) bond motifs is 3. The Morgan fingerprint density at radius 1 is 1.11 bits per heavy atom. The second kappa shape index (κ2) is 8.66. The van der Waals surface area contributed by atoms with Crippen LogP contribution < -0.4 is 19.6 Å². The zero-order valence-corrected chi connectivity index (χ0v) is 21.3. The molecule has 1 atom stereocenters. The molecule has 6 rings (SSSR count). The average Bonchev–Trinajstić information content (AvgIpc) is 3.18. The van der Waals surface area contributed by atoms with Gasteiger partial charge in [0.25, 0.3) is 5.56 Å². The molecule has 7 heteroatoms. The van der Waals surface area contributed by atoms with Crippen molar-refractivity contribution >= 4 is 39.0 Å². The summed E-state index contributed by atoms with van der Waals surface area (Å²) in [6.45, 7) is 0. The lowest BCUT2D eigenvalue weighted by Gasteiger charge is -2.30. The van der Waals surface area contributed by atoms with Crippen molar-refractivity contribution in [2.45, 2.75) is 18.9 Å². The van der Waals surface area contributed by atoms with Gasteiger partial charge in [0.2, 0.25) is 0 Å². The highest BCUT2D eigenvalue weighted by molar-refractivity contribution is 9.10. The summed E-state index contributed by atoms with van der Waals surface area (Å²) < 4.78 is 8.54. The number of benzene rings is 3. The molecule has 0 radical (unpaired) electrons. The first kappa shape index (κ1) is 22.1. The fourth-order valence-electron chi connectivity index (χ4n) is 4.92. The molecule has 35 heavy (non-hydrogen) atoms. The Bertz CT molecular complexity index is 1680. The third kappa shape index (κ3) is 3.75. The molecule has 1 aliphatic heterocycles. The van der Waals surface area contributed by atoms with Crippen LogP contribution in [0.4, 0.5) is 0 Å². The minimum atomic E-state index is -0.214. The Balaban J connectivity index is 1.59. The maximum absolute atomic E-state index is 13.8. The Morgan fingerprint density at radius 2 is 1.91 bits per heavy atom. The second-order valence-electron chi connectivity index (χ2n) is 8.60. The molecule has 0 saturated carbocycles. The van der Waals surface area contributed by atoms with E-state index in [2.05, 4.69) is 46.3 Å². The predicted molar refractivity (Wildman–Crippen MR) is 142 cm³/mol. The molecular weight excluding hydrogens is 524 g/mol. The summed E-state index contributed by atoms with van der Waals surface area (Å²) in [6, 6.07) is 21.5. The number of thiazole rings is 1. The summed E-state index contributed by atoms with van der Waals surface area (Å²) in [5.74, 6) is 0.430. The fourth-order valence-corrected chi connectivity index (χ4v) is 6.18. The molecule has 0 unspecified atom stereocenters. The third-order valence-corrected chi connectivity index (χ3v) is 8.07. The molecular formula is C28H21BrN2O3S. The highest BCUT2D eigenvalue weighted by atomic mass is 79.9. The number of hydrogen-bond acceptors (Lipinski definition) is 5. The highest BCUT2D eigenvalue weighted by Crippen LogP contribution is 2.41. The first-order chi connectivity index (χ1) is 17.0. The van der Waals surface area contributed by atoms with Gasteiger partial charge in [-0.05, 0) is 65.4 Å². The van der Waals surface area contributed by atoms with Gasteiger partial charge < -0.3 is 9.84 Å². The minimum Gasteiger partial charge on any atom is -0.504 e. The Labute approximate surface area is 214 Å². The normalized spacial score (nSPS) is 16.9. The number of phenols is 1. The van der Waals surface area contributed by atoms with Gasteiger partial charge in [-0.25, -0.2) is 4.99 Å². The van der Waals surface area contributed by atoms with E-state index in [0.29, 0.717) is 15.1 Å². The fraction of sp³-hybridized carbons (Fsp3) is 0.143. The van der Waals surface area contributed by atoms with Gasteiger partial charge in [0.15, 0.2) is 16.3 Å². The first-order valence-corrected chi connectivity index (χ1v) is 12.9. The van der Waals surface area contributed by atoms with Crippen LogP contribution in [0.5, 0.6) is 11.5 Å². The van der Waals surface area contributed by atoms with E-state index in [4.69, 9.17) is 9.73 Å². The first-order valence-electron chi connectivity index (χ1n) is 11.3. The maximum atomic E-state index is 13.8. The summed E-state index contributed by atoms with van der Waals surface area (Å²) in [4.78, 5) is 19.5. The van der Waals surface area contributed by atoms with E-state index in [0.717, 1.165) is 39.7 Å². The van der Waals surface area contributed by atoms with Crippen molar-refractivity contribution in [3.05, 3.63) is 119 Å². The number of halogens is 1. The van der Waals surface area contributed by atoms with Gasteiger partial charge in [-0.15, -0.1) is 0 Å². The molecule has 5 nitrogen and oxygen atoms in total. The predicted octanol–water partition coefficient (Wildman–Crippen LogP) is 4.80. The monoisotopic (exact) mass is 544 g/mol. The quantitative estimate of drug-likeness (QED) is 0.403. The number of aromatic hydroxyl groups is 1. The number of phenolic OH excluding ortho intramolecular Hbond substituents is 1. The minimum absolute atomic E-state index is 0.0360. The van der Waals surface area contributed by atoms with Gasteiger partial charge in [-0.1, -0.05) is 69.7 Å². The topological polar surface area (TPSA) is 63.8 Å². The number of hydrogen-bond donors (Lipinski definition) is 1. The number of aryl methyl sites for hydroxylation is 1. The lowest BCUT2D eigenvalue weighted by Crippen LogP contribution is -2.38. The van der Waals surface area contributed by atoms with E-state index in [1.807, 2.05) is 28.8 Å². The van der Waals surface area contributed by atoms with Crippen LogP contribution in [0.3, 0.4) is 0 Å². The third-order valence-electron chi connectivity index (χ3n) is 6.56. The zero-order chi connectivity index (χ0) is 24.1. The lowest BCUT2D eigenvalue weighted by atomic mass is 9.83. The summed E-state index contributed by atoms with van der Waals surface area (Å²) >= 11 is 4.91. The molecule has 1 N–H and O–H groups in total. The Hall–Kier alpha value is -3.42. The number of allylic oxidation sites excluding steroid dienone is 1. The van der Waals surface area contributed by atoms with Crippen LogP contribution in [0.15, 0.2) is 86.6 Å². The average molecular weight is 545 g/mol. The van der Waals surface area contributed by atoms with E-state index in [1.54, 1.807) is 18.2 Å². The molecule has 0 saturated heterocycles. The van der Waals surface area contributed by atoms with Gasteiger partial charge >= 0.3 is 0 Å². The molecule has 0 spiro atoms. The van der Waals surface area contributed by atoms with Crippen molar-refractivity contribution in [3.63, 3.8) is 0 Å². The molecule has 4 aromatic rings. The van der Waals surface area contributed by atoms with E-state index in [1.165, 1.54) is 29.6 Å². The molecule has 3 aromatic carbocycles. The second-order valence-corrected chi connectivity index (χ2v) is 10.5. The number of ether oxygens (including phenoxy) is 1. The maximum Gasteiger partial charge on any atom is 0.271 e. The van der Waals surface area contributed by atoms with Crippen molar-refractivity contribution in [2.75, 3.05) is 7.11 Å². The van der Waals surface area contributed by atoms with E-state index in [-0.39, 0.29) is 17.4 Å². The number of methoxy groups -OCH3 is 1. The molecule has 174 valence electrons. The standard InChI is InChI=1S/C28H21BrN2O3S/c1-34-23-13-6-16(14-22(23)32)15-24-27(33)31-26(18-7-10-19(29)11-8-18)21-12-9-17-4-2-3-5-20(17)25(21)30-28(31)35-24/h2-8,10-11,13-15,26,32H,9,12H2,1H3/b24-15+/t26-/m0/s1. The van der Waals surface area contributed by atoms with E-state index >= 15 is 0 Å². The van der Waals surface area contributed by atoms with Crippen LogP contribution >= 0.6 is 27.3 Å². The SMILES string of the molecule is COc1ccc(/C=c2/sc3n(c2=O)[C@@H](c2ccc(Br)cc2)C2=C(N=3)c3ccccc3CC2)cc1O. The Morgan fingerprint density at radius 3 is 2.69 bits per heavy atom. The van der Waals surface area contributed by atoms with Crippen LogP contribution in [0.1, 0.15) is 34.7 Å². The summed E-state index contributed by atoms with van der Waals surface area (Å²) in [5, 5.41) is 10.2. The van der Waals surface area contributed by atoms with Crippen molar-refractivity contribution < 1.29 is 9.84 Å². The van der Waals surface area contributed by atoms with Crippen molar-refractivity contribution in [3.8, 4) is 11.5 Å². The van der Waals surface area contributed by atoms with Crippen LogP contribution in [0, 0.1) is 0 Å². The molecule has 2 aliphatic rings. The number of rotatable bonds is 3. The number of aromatic nitrogens is 1. The van der Waals surface area contributed by atoms with Crippen LogP contribution in [0.25, 0.3) is 11.8 Å². The van der Waals surface area contributed by atoms with Gasteiger partial charge in [0.05, 0.1) is 23.4 Å². The lowest BCUT2D eigenvalue weighted by molar-refractivity contribution is 0.373. The van der Waals surface area contributed by atoms with Gasteiger partial charge in [-0.3, -0.25) is 9.36 Å². The van der Waals surface area contributed by atoms with Gasteiger partial charge in [0.1, 0.15) is 0 Å². The zero-order valence-electron chi connectivity index (χ0n) is 18.9. The van der Waals surface area contributed by atoms with Crippen LogP contribution in [-0.2, 0) is 6.42 Å². The molecule has 1 aromatic heterocycles. The van der Waals surface area contributed by atoms with Crippen molar-refractivity contribution in [1.29, 1.82) is 0 Å². The molecule has 0 amide bonds. The van der Waals surface area contributed by atoms with Crippen molar-refractivity contribution in [1.82, 2.24) is 4.57 Å². The molecule has 1 aliphatic carbocycles. The van der Waals surface area contributed by atoms with E-state index < -0.39 is 0 Å². The van der Waals surface area contributed by atoms with Gasteiger partial charge in [0, 0.05) is 10.0 Å². The van der Waals surface area contributed by atoms with E-state index in [9.17, 15) is 9.90 Å². The van der Waals surface area contributed by atoms with Crippen molar-refractivity contribution in [2.24, 2.45) is 4.99 Å². The summed E-state index contributed by atoms with van der Waals surface area (Å²) in [5.41, 5.74) is 6.29. The molecule has 2 heterocycles. The number of nitrogens with zero attached hydrogens (tertiary/aromatic N) is 2. The highest BCUT2D eigenvalue weighted by Gasteiger charge is 2.32. The Kier molecular flexibility index (Phi) is 5.46. The smallest absolute Gasteiger partial charge is 0.271 e. The van der Waals surface area contributed by atoms with Gasteiger partial charge in [-0.2, -0.15) is 0 Å². The largest absolute Gasteiger partial charge is 0.504 e. The van der Waals surface area contributed by atoms with Crippen LogP contribution in [-0.4, -0.2) is 16.8 Å². The summed E-state index contributed by atoms with van der Waals surface area (Å²) in [6.07, 6.45) is 3.58. The van der Waals surface area contributed by atoms with Crippen LogP contribution in [0.2, 0.25) is 0 Å².